The van der Waals surface area contributed by atoms with Gasteiger partial charge in [-0.25, -0.2) is 0 Å². The zero-order valence-corrected chi connectivity index (χ0v) is 8.94. The van der Waals surface area contributed by atoms with Gasteiger partial charge in [-0.3, -0.25) is 0 Å². The van der Waals surface area contributed by atoms with Crippen molar-refractivity contribution in [2.45, 2.75) is 45.0 Å². The van der Waals surface area contributed by atoms with Gasteiger partial charge in [-0.05, 0) is 29.6 Å². The molecular weight excluding hydrogens is 168 g/mol. The van der Waals surface area contributed by atoms with E-state index in [0.29, 0.717) is 5.92 Å². The first-order chi connectivity index (χ1) is 5.41. The quantitative estimate of drug-likeness (QED) is 0.555. The SMILES string of the molecule is CC1(C)[C@H]2CC[C@@]1(C)[C@@H](S)[C@@H]2O. The molecule has 0 aromatic rings. The third-order valence-corrected chi connectivity index (χ3v) is 5.64. The van der Waals surface area contributed by atoms with Crippen LogP contribution in [0.3, 0.4) is 0 Å². The van der Waals surface area contributed by atoms with Crippen molar-refractivity contribution in [3.63, 3.8) is 0 Å². The monoisotopic (exact) mass is 186 g/mol. The lowest BCUT2D eigenvalue weighted by Crippen LogP contribution is -2.35. The van der Waals surface area contributed by atoms with E-state index in [9.17, 15) is 5.11 Å². The minimum atomic E-state index is -0.179. The molecule has 2 aliphatic carbocycles. The zero-order chi connectivity index (χ0) is 9.15. The first kappa shape index (κ1) is 8.89. The van der Waals surface area contributed by atoms with Crippen molar-refractivity contribution in [3.05, 3.63) is 0 Å². The molecule has 2 fully saturated rings. The molecule has 2 rings (SSSR count). The first-order valence-corrected chi connectivity index (χ1v) is 5.29. The molecule has 1 nitrogen and oxygen atoms in total. The maximum atomic E-state index is 9.91. The number of fused-ring (bicyclic) bond motifs is 2. The van der Waals surface area contributed by atoms with Gasteiger partial charge in [0.05, 0.1) is 6.10 Å². The molecule has 0 aromatic carbocycles. The predicted octanol–water partition coefficient (Wildman–Crippen LogP) is 2.10. The van der Waals surface area contributed by atoms with Gasteiger partial charge in [-0.1, -0.05) is 20.8 Å². The Morgan fingerprint density at radius 3 is 2.17 bits per heavy atom. The molecule has 0 heterocycles. The largest absolute Gasteiger partial charge is 0.392 e. The van der Waals surface area contributed by atoms with E-state index in [1.807, 2.05) is 0 Å². The van der Waals surface area contributed by atoms with Crippen LogP contribution in [0.4, 0.5) is 0 Å². The highest BCUT2D eigenvalue weighted by Gasteiger charge is 2.64. The summed E-state index contributed by atoms with van der Waals surface area (Å²) < 4.78 is 0. The van der Waals surface area contributed by atoms with E-state index in [1.165, 1.54) is 12.8 Å². The smallest absolute Gasteiger partial charge is 0.0695 e. The highest BCUT2D eigenvalue weighted by atomic mass is 32.1. The second-order valence-electron chi connectivity index (χ2n) is 5.22. The Morgan fingerprint density at radius 2 is 1.92 bits per heavy atom. The van der Waals surface area contributed by atoms with Crippen molar-refractivity contribution < 1.29 is 5.11 Å². The molecular formula is C10H18OS. The number of aliphatic hydroxyl groups excluding tert-OH is 1. The van der Waals surface area contributed by atoms with Crippen molar-refractivity contribution in [3.8, 4) is 0 Å². The third-order valence-electron chi connectivity index (χ3n) is 4.76. The van der Waals surface area contributed by atoms with Gasteiger partial charge in [0.25, 0.3) is 0 Å². The number of rotatable bonds is 0. The van der Waals surface area contributed by atoms with Gasteiger partial charge < -0.3 is 5.11 Å². The van der Waals surface area contributed by atoms with Gasteiger partial charge in [0.15, 0.2) is 0 Å². The van der Waals surface area contributed by atoms with Crippen molar-refractivity contribution in [2.24, 2.45) is 16.7 Å². The van der Waals surface area contributed by atoms with E-state index in [-0.39, 0.29) is 22.2 Å². The Hall–Kier alpha value is 0.310. The fourth-order valence-electron chi connectivity index (χ4n) is 3.29. The second-order valence-corrected chi connectivity index (χ2v) is 5.78. The standard InChI is InChI=1S/C10H18OS/c1-9(2)6-4-5-10(9,3)8(12)7(6)11/h6-8,11-12H,4-5H2,1-3H3/t6-,7+,8-,10-/m0/s1. The van der Waals surface area contributed by atoms with Crippen molar-refractivity contribution >= 4 is 12.6 Å². The van der Waals surface area contributed by atoms with Crippen LogP contribution in [0.25, 0.3) is 0 Å². The number of thiol groups is 1. The molecule has 0 saturated heterocycles. The number of hydrogen-bond acceptors (Lipinski definition) is 2. The minimum Gasteiger partial charge on any atom is -0.392 e. The molecule has 12 heavy (non-hydrogen) atoms. The topological polar surface area (TPSA) is 20.2 Å². The molecule has 2 bridgehead atoms. The summed E-state index contributed by atoms with van der Waals surface area (Å²) in [5.41, 5.74) is 0.527. The lowest BCUT2D eigenvalue weighted by atomic mass is 9.71. The lowest BCUT2D eigenvalue weighted by molar-refractivity contribution is 0.0986. The predicted molar refractivity (Wildman–Crippen MR) is 53.4 cm³/mol. The molecule has 0 amide bonds. The van der Waals surface area contributed by atoms with Crippen LogP contribution in [0.5, 0.6) is 0 Å². The molecule has 0 aliphatic heterocycles. The maximum absolute atomic E-state index is 9.91. The second kappa shape index (κ2) is 2.21. The summed E-state index contributed by atoms with van der Waals surface area (Å²) in [6.07, 6.45) is 2.24. The summed E-state index contributed by atoms with van der Waals surface area (Å²) in [4.78, 5) is 0. The summed E-state index contributed by atoms with van der Waals surface area (Å²) in [6.45, 7) is 6.84. The fraction of sp³-hybridized carbons (Fsp3) is 1.00. The number of aliphatic hydroxyl groups is 1. The Labute approximate surface area is 80.0 Å². The Balaban J connectivity index is 2.44. The van der Waals surface area contributed by atoms with Crippen molar-refractivity contribution in [1.82, 2.24) is 0 Å². The molecule has 70 valence electrons. The van der Waals surface area contributed by atoms with Crippen LogP contribution in [0.1, 0.15) is 33.6 Å². The molecule has 2 saturated carbocycles. The van der Waals surface area contributed by atoms with E-state index in [2.05, 4.69) is 33.4 Å². The highest BCUT2D eigenvalue weighted by Crippen LogP contribution is 2.66. The summed E-state index contributed by atoms with van der Waals surface area (Å²) in [7, 11) is 0. The van der Waals surface area contributed by atoms with Gasteiger partial charge >= 0.3 is 0 Å². The molecule has 0 spiro atoms. The number of hydrogen-bond donors (Lipinski definition) is 2. The molecule has 2 aliphatic rings. The van der Waals surface area contributed by atoms with E-state index >= 15 is 0 Å². The molecule has 0 radical (unpaired) electrons. The maximum Gasteiger partial charge on any atom is 0.0695 e. The van der Waals surface area contributed by atoms with Crippen LogP contribution in [0.2, 0.25) is 0 Å². The van der Waals surface area contributed by atoms with Crippen LogP contribution in [0, 0.1) is 16.7 Å². The van der Waals surface area contributed by atoms with Crippen LogP contribution >= 0.6 is 12.6 Å². The highest BCUT2D eigenvalue weighted by molar-refractivity contribution is 7.81. The normalized spacial score (nSPS) is 56.2. The van der Waals surface area contributed by atoms with Crippen molar-refractivity contribution in [2.75, 3.05) is 0 Å². The van der Waals surface area contributed by atoms with Crippen LogP contribution in [0.15, 0.2) is 0 Å². The Kier molecular flexibility index (Phi) is 1.64. The van der Waals surface area contributed by atoms with Gasteiger partial charge in [-0.2, -0.15) is 12.6 Å². The third kappa shape index (κ3) is 0.717. The minimum absolute atomic E-state index is 0.179. The Bertz CT molecular complexity index is 214. The molecule has 0 aromatic heterocycles. The zero-order valence-electron chi connectivity index (χ0n) is 8.04. The van der Waals surface area contributed by atoms with Gasteiger partial charge in [0.2, 0.25) is 0 Å². The lowest BCUT2D eigenvalue weighted by Gasteiger charge is -2.37. The van der Waals surface area contributed by atoms with E-state index in [1.54, 1.807) is 0 Å². The van der Waals surface area contributed by atoms with Gasteiger partial charge in [-0.15, -0.1) is 0 Å². The summed E-state index contributed by atoms with van der Waals surface area (Å²) in [5, 5.41) is 10.1. The average Bonchev–Trinajstić information content (AvgIpc) is 2.26. The van der Waals surface area contributed by atoms with Crippen LogP contribution < -0.4 is 0 Å². The summed E-state index contributed by atoms with van der Waals surface area (Å²) in [5.74, 6) is 0.477. The molecule has 1 N–H and O–H groups in total. The van der Waals surface area contributed by atoms with E-state index in [4.69, 9.17) is 0 Å². The Morgan fingerprint density at radius 1 is 1.33 bits per heavy atom. The van der Waals surface area contributed by atoms with Gasteiger partial charge in [0, 0.05) is 5.25 Å². The molecule has 2 heteroatoms. The van der Waals surface area contributed by atoms with Crippen LogP contribution in [-0.2, 0) is 0 Å². The van der Waals surface area contributed by atoms with Crippen LogP contribution in [-0.4, -0.2) is 16.5 Å². The van der Waals surface area contributed by atoms with Gasteiger partial charge in [0.1, 0.15) is 0 Å². The summed E-state index contributed by atoms with van der Waals surface area (Å²) >= 11 is 4.54. The molecule has 0 unspecified atom stereocenters. The molecule has 4 atom stereocenters. The summed E-state index contributed by atoms with van der Waals surface area (Å²) in [6, 6.07) is 0. The van der Waals surface area contributed by atoms with Crippen molar-refractivity contribution in [1.29, 1.82) is 0 Å². The first-order valence-electron chi connectivity index (χ1n) is 4.77. The average molecular weight is 186 g/mol. The fourth-order valence-corrected chi connectivity index (χ4v) is 3.96. The van der Waals surface area contributed by atoms with E-state index < -0.39 is 0 Å². The van der Waals surface area contributed by atoms with E-state index in [0.717, 1.165) is 0 Å².